The number of phenolic OH excluding ortho intramolecular Hbond substituents is 1. The summed E-state index contributed by atoms with van der Waals surface area (Å²) in [6.07, 6.45) is -1.22. The van der Waals surface area contributed by atoms with Crippen LogP contribution < -0.4 is 16.4 Å². The lowest BCUT2D eigenvalue weighted by molar-refractivity contribution is -0.135. The molecule has 0 unspecified atom stereocenters. The van der Waals surface area contributed by atoms with Crippen molar-refractivity contribution in [3.63, 3.8) is 0 Å². The second kappa shape index (κ2) is 14.3. The fourth-order valence-electron chi connectivity index (χ4n) is 3.07. The van der Waals surface area contributed by atoms with Gasteiger partial charge in [0.15, 0.2) is 0 Å². The van der Waals surface area contributed by atoms with Gasteiger partial charge in [-0.05, 0) is 37.0 Å². The van der Waals surface area contributed by atoms with E-state index in [1.165, 1.54) is 0 Å². The molecule has 3 amide bonds. The van der Waals surface area contributed by atoms with Crippen LogP contribution in [0.3, 0.4) is 0 Å². The summed E-state index contributed by atoms with van der Waals surface area (Å²) >= 11 is 0. The molecule has 5 N–H and O–H groups in total. The number of primary amides is 1. The van der Waals surface area contributed by atoms with Crippen LogP contribution in [0.25, 0.3) is 0 Å². The molecular formula is C22H32F3N3O4. The monoisotopic (exact) mass is 459 g/mol. The van der Waals surface area contributed by atoms with E-state index in [0.29, 0.717) is 38.6 Å². The maximum atomic E-state index is 12.1. The lowest BCUT2D eigenvalue weighted by Crippen LogP contribution is -2.47. The van der Waals surface area contributed by atoms with E-state index < -0.39 is 36.4 Å². The molecular weight excluding hydrogens is 427 g/mol. The highest BCUT2D eigenvalue weighted by Gasteiger charge is 2.25. The fraction of sp³-hybridized carbons (Fsp3) is 0.591. The highest BCUT2D eigenvalue weighted by Crippen LogP contribution is 2.23. The van der Waals surface area contributed by atoms with Gasteiger partial charge in [0.1, 0.15) is 11.8 Å². The van der Waals surface area contributed by atoms with Gasteiger partial charge < -0.3 is 21.5 Å². The molecule has 0 bridgehead atoms. The second-order valence-electron chi connectivity index (χ2n) is 7.73. The van der Waals surface area contributed by atoms with E-state index in [2.05, 4.69) is 10.6 Å². The van der Waals surface area contributed by atoms with Gasteiger partial charge in [-0.15, -0.1) is 0 Å². The molecule has 0 aliphatic carbocycles. The van der Waals surface area contributed by atoms with E-state index >= 15 is 0 Å². The molecule has 0 radical (unpaired) electrons. The molecule has 1 aromatic rings. The zero-order valence-electron chi connectivity index (χ0n) is 18.0. The predicted molar refractivity (Wildman–Crippen MR) is 114 cm³/mol. The molecule has 0 fully saturated rings. The van der Waals surface area contributed by atoms with Crippen LogP contribution in [-0.4, -0.2) is 41.6 Å². The summed E-state index contributed by atoms with van der Waals surface area (Å²) in [4.78, 5) is 35.6. The molecule has 0 spiro atoms. The number of benzene rings is 1. The molecule has 1 rings (SSSR count). The maximum absolute atomic E-state index is 12.1. The minimum absolute atomic E-state index is 0.112. The van der Waals surface area contributed by atoms with E-state index in [1.807, 2.05) is 0 Å². The van der Waals surface area contributed by atoms with E-state index in [0.717, 1.165) is 12.0 Å². The Labute approximate surface area is 185 Å². The number of hydrogen-bond acceptors (Lipinski definition) is 4. The van der Waals surface area contributed by atoms with Crippen LogP contribution in [0.4, 0.5) is 13.2 Å². The molecule has 32 heavy (non-hydrogen) atoms. The first-order valence-corrected chi connectivity index (χ1v) is 10.8. The SMILES string of the molecule is NC(=O)[C@@H](CC(=O)NCCc1ccc(O)cc1)NC(=O)CCCCCCCCC(F)(F)F. The number of halogens is 3. The Morgan fingerprint density at radius 3 is 2.12 bits per heavy atom. The van der Waals surface area contributed by atoms with Gasteiger partial charge in [-0.3, -0.25) is 14.4 Å². The highest BCUT2D eigenvalue weighted by atomic mass is 19.4. The normalized spacial score (nSPS) is 12.2. The largest absolute Gasteiger partial charge is 0.508 e. The summed E-state index contributed by atoms with van der Waals surface area (Å²) in [6.45, 7) is 0.325. The van der Waals surface area contributed by atoms with Crippen molar-refractivity contribution in [3.05, 3.63) is 29.8 Å². The summed E-state index contributed by atoms with van der Waals surface area (Å²) in [5, 5.41) is 14.4. The third-order valence-corrected chi connectivity index (χ3v) is 4.85. The first-order valence-electron chi connectivity index (χ1n) is 10.8. The summed E-state index contributed by atoms with van der Waals surface area (Å²) in [7, 11) is 0. The van der Waals surface area contributed by atoms with Crippen molar-refractivity contribution in [1.29, 1.82) is 0 Å². The first-order chi connectivity index (χ1) is 15.1. The van der Waals surface area contributed by atoms with Crippen molar-refractivity contribution in [1.82, 2.24) is 10.6 Å². The number of nitrogens with two attached hydrogens (primary N) is 1. The number of aromatic hydroxyl groups is 1. The molecule has 0 aliphatic rings. The number of hydrogen-bond donors (Lipinski definition) is 4. The number of alkyl halides is 3. The third kappa shape index (κ3) is 13.5. The second-order valence-corrected chi connectivity index (χ2v) is 7.73. The predicted octanol–water partition coefficient (Wildman–Crippen LogP) is 3.09. The molecule has 1 aromatic carbocycles. The smallest absolute Gasteiger partial charge is 0.389 e. The average molecular weight is 460 g/mol. The minimum atomic E-state index is -4.11. The van der Waals surface area contributed by atoms with Gasteiger partial charge in [0, 0.05) is 19.4 Å². The van der Waals surface area contributed by atoms with Crippen LogP contribution in [-0.2, 0) is 20.8 Å². The summed E-state index contributed by atoms with van der Waals surface area (Å²) in [6, 6.07) is 5.44. The summed E-state index contributed by atoms with van der Waals surface area (Å²) in [5.74, 6) is -1.48. The van der Waals surface area contributed by atoms with Gasteiger partial charge in [-0.25, -0.2) is 0 Å². The molecule has 10 heteroatoms. The molecule has 7 nitrogen and oxygen atoms in total. The number of amides is 3. The maximum Gasteiger partial charge on any atom is 0.389 e. The average Bonchev–Trinajstić information content (AvgIpc) is 2.70. The van der Waals surface area contributed by atoms with Crippen molar-refractivity contribution in [2.75, 3.05) is 6.54 Å². The Bertz CT molecular complexity index is 724. The lowest BCUT2D eigenvalue weighted by atomic mass is 10.1. The van der Waals surface area contributed by atoms with E-state index in [4.69, 9.17) is 5.73 Å². The quantitative estimate of drug-likeness (QED) is 0.301. The third-order valence-electron chi connectivity index (χ3n) is 4.85. The Balaban J connectivity index is 2.20. The van der Waals surface area contributed by atoms with Crippen molar-refractivity contribution in [2.45, 2.75) is 76.4 Å². The number of unbranched alkanes of at least 4 members (excludes halogenated alkanes) is 5. The van der Waals surface area contributed by atoms with Crippen molar-refractivity contribution >= 4 is 17.7 Å². The van der Waals surface area contributed by atoms with Crippen molar-refractivity contribution < 1.29 is 32.7 Å². The standard InChI is InChI=1S/C22H32F3N3O4/c23-22(24,25)13-6-4-2-1-3-5-7-19(30)28-18(21(26)32)15-20(31)27-14-12-16-8-10-17(29)11-9-16/h8-11,18,29H,1-7,12-15H2,(H2,26,32)(H,27,31)(H,28,30)/t18-/m1/s1. The van der Waals surface area contributed by atoms with Crippen molar-refractivity contribution in [2.24, 2.45) is 5.73 Å². The molecule has 1 atom stereocenters. The van der Waals surface area contributed by atoms with E-state index in [9.17, 15) is 32.7 Å². The Hall–Kier alpha value is -2.78. The van der Waals surface area contributed by atoms with Gasteiger partial charge in [0.2, 0.25) is 17.7 Å². The van der Waals surface area contributed by atoms with Gasteiger partial charge in [-0.1, -0.05) is 37.8 Å². The molecule has 0 saturated heterocycles. The Morgan fingerprint density at radius 2 is 1.53 bits per heavy atom. The Morgan fingerprint density at radius 1 is 0.938 bits per heavy atom. The minimum Gasteiger partial charge on any atom is -0.508 e. The summed E-state index contributed by atoms with van der Waals surface area (Å²) < 4.78 is 36.1. The molecule has 0 heterocycles. The van der Waals surface area contributed by atoms with Crippen LogP contribution >= 0.6 is 0 Å². The van der Waals surface area contributed by atoms with Gasteiger partial charge in [0.25, 0.3) is 0 Å². The van der Waals surface area contributed by atoms with Crippen LogP contribution in [0.5, 0.6) is 5.75 Å². The molecule has 0 aliphatic heterocycles. The lowest BCUT2D eigenvalue weighted by Gasteiger charge is -2.15. The zero-order valence-corrected chi connectivity index (χ0v) is 18.0. The zero-order chi connectivity index (χ0) is 24.0. The van der Waals surface area contributed by atoms with Crippen molar-refractivity contribution in [3.8, 4) is 5.75 Å². The van der Waals surface area contributed by atoms with Crippen LogP contribution in [0.1, 0.15) is 63.4 Å². The topological polar surface area (TPSA) is 122 Å². The number of rotatable bonds is 15. The van der Waals surface area contributed by atoms with Gasteiger partial charge in [-0.2, -0.15) is 13.2 Å². The molecule has 0 aromatic heterocycles. The molecule has 180 valence electrons. The highest BCUT2D eigenvalue weighted by molar-refractivity contribution is 5.91. The fourth-order valence-corrected chi connectivity index (χ4v) is 3.07. The van der Waals surface area contributed by atoms with Crippen LogP contribution in [0.2, 0.25) is 0 Å². The number of carbonyl (C=O) groups is 3. The van der Waals surface area contributed by atoms with Crippen LogP contribution in [0.15, 0.2) is 24.3 Å². The molecule has 0 saturated carbocycles. The van der Waals surface area contributed by atoms with E-state index in [1.54, 1.807) is 24.3 Å². The number of nitrogens with one attached hydrogen (secondary N) is 2. The number of carbonyl (C=O) groups excluding carboxylic acids is 3. The Kier molecular flexibility index (Phi) is 12.2. The van der Waals surface area contributed by atoms with Gasteiger partial charge >= 0.3 is 6.18 Å². The van der Waals surface area contributed by atoms with Gasteiger partial charge in [0.05, 0.1) is 6.42 Å². The first kappa shape index (κ1) is 27.3. The van der Waals surface area contributed by atoms with Crippen LogP contribution in [0, 0.1) is 0 Å². The summed E-state index contributed by atoms with van der Waals surface area (Å²) in [5.41, 5.74) is 6.20. The van der Waals surface area contributed by atoms with E-state index in [-0.39, 0.29) is 25.0 Å². The number of phenols is 1.